The fraction of sp³-hybridized carbons (Fsp3) is 0.115. The van der Waals surface area contributed by atoms with Gasteiger partial charge in [0.05, 0.1) is 17.3 Å². The number of aromatic nitrogens is 4. The fourth-order valence-electron chi connectivity index (χ4n) is 3.83. The monoisotopic (exact) mass is 533 g/mol. The molecule has 10 nitrogen and oxygen atoms in total. The number of hydrogen-bond acceptors (Lipinski definition) is 9. The third kappa shape index (κ3) is 5.65. The summed E-state index contributed by atoms with van der Waals surface area (Å²) in [5.74, 6) is 1.47. The fourth-order valence-corrected chi connectivity index (χ4v) is 4.28. The van der Waals surface area contributed by atoms with Crippen molar-refractivity contribution in [2.75, 3.05) is 28.8 Å². The molecule has 0 atom stereocenters. The third-order valence-electron chi connectivity index (χ3n) is 5.67. The Kier molecular flexibility index (Phi) is 6.55. The molecule has 0 spiro atoms. The highest BCUT2D eigenvalue weighted by atomic mass is 32.2. The highest BCUT2D eigenvalue weighted by Gasteiger charge is 2.13. The number of benzene rings is 3. The Morgan fingerprint density at radius 2 is 1.74 bits per heavy atom. The first-order chi connectivity index (χ1) is 18.1. The molecule has 2 N–H and O–H groups in total. The van der Waals surface area contributed by atoms with Crippen LogP contribution in [0, 0.1) is 5.82 Å². The lowest BCUT2D eigenvalue weighted by Gasteiger charge is -2.19. The number of rotatable bonds is 8. The largest absolute Gasteiger partial charge is 0.383 e. The predicted molar refractivity (Wildman–Crippen MR) is 146 cm³/mol. The molecule has 0 bridgehead atoms. The molecule has 0 aliphatic heterocycles. The maximum Gasteiger partial charge on any atom is 0.306 e. The normalized spacial score (nSPS) is 11.4. The van der Waals surface area contributed by atoms with Gasteiger partial charge >= 0.3 is 10.1 Å². The van der Waals surface area contributed by atoms with E-state index in [9.17, 15) is 12.8 Å². The highest BCUT2D eigenvalue weighted by molar-refractivity contribution is 7.86. The molecule has 38 heavy (non-hydrogen) atoms. The van der Waals surface area contributed by atoms with Gasteiger partial charge in [-0.25, -0.2) is 14.4 Å². The molecule has 2 heterocycles. The van der Waals surface area contributed by atoms with Crippen LogP contribution in [-0.4, -0.2) is 41.2 Å². The van der Waals surface area contributed by atoms with Crippen molar-refractivity contribution in [3.8, 4) is 5.75 Å². The summed E-state index contributed by atoms with van der Waals surface area (Å²) in [6, 6.07) is 20.3. The molecule has 0 radical (unpaired) electrons. The molecule has 0 saturated carbocycles. The van der Waals surface area contributed by atoms with Crippen LogP contribution in [0.1, 0.15) is 0 Å². The average Bonchev–Trinajstić information content (AvgIpc) is 3.18. The maximum atomic E-state index is 13.2. The smallest absolute Gasteiger partial charge is 0.306 e. The number of aryl methyl sites for hydroxylation is 1. The van der Waals surface area contributed by atoms with Crippen molar-refractivity contribution in [2.24, 2.45) is 7.05 Å². The number of nitrogens with one attached hydrogen (secondary N) is 2. The van der Waals surface area contributed by atoms with Crippen LogP contribution in [0.4, 0.5) is 39.2 Å². The van der Waals surface area contributed by atoms with Gasteiger partial charge in [-0.15, -0.1) is 0 Å². The van der Waals surface area contributed by atoms with Gasteiger partial charge in [0.15, 0.2) is 0 Å². The van der Waals surface area contributed by atoms with Crippen LogP contribution in [0.2, 0.25) is 0 Å². The number of imidazole rings is 1. The van der Waals surface area contributed by atoms with E-state index in [2.05, 4.69) is 20.6 Å². The average molecular weight is 534 g/mol. The molecule has 12 heteroatoms. The molecular weight excluding hydrogens is 509 g/mol. The van der Waals surface area contributed by atoms with Crippen LogP contribution in [0.5, 0.6) is 5.75 Å². The lowest BCUT2D eigenvalue weighted by Crippen LogP contribution is -2.12. The van der Waals surface area contributed by atoms with Gasteiger partial charge in [0.25, 0.3) is 0 Å². The zero-order valence-electron chi connectivity index (χ0n) is 20.8. The minimum absolute atomic E-state index is 0.183. The van der Waals surface area contributed by atoms with E-state index in [1.54, 1.807) is 48.7 Å². The Morgan fingerprint density at radius 1 is 0.947 bits per heavy atom. The second-order valence-corrected chi connectivity index (χ2v) is 10.1. The summed E-state index contributed by atoms with van der Waals surface area (Å²) in [7, 11) is 0.149. The van der Waals surface area contributed by atoms with E-state index >= 15 is 0 Å². The van der Waals surface area contributed by atoms with E-state index in [0.717, 1.165) is 28.7 Å². The summed E-state index contributed by atoms with van der Waals surface area (Å²) in [5, 5.41) is 6.29. The minimum atomic E-state index is -3.64. The van der Waals surface area contributed by atoms with Crippen LogP contribution in [0.25, 0.3) is 11.0 Å². The number of fused-ring (bicyclic) bond motifs is 1. The standard InChI is InChI=1S/C26H24FN7O3S/c1-33(24-13-14-28-25(32-24)29-19-5-4-6-21(15-19)37-38(3,35)36)20-11-12-23-22(16-20)31-26(34(23)2)30-18-9-7-17(27)8-10-18/h4-16H,1-3H3,(H,30,31)(H,28,29,32). The zero-order valence-corrected chi connectivity index (χ0v) is 21.6. The summed E-state index contributed by atoms with van der Waals surface area (Å²) in [5.41, 5.74) is 3.86. The molecule has 0 aliphatic rings. The Balaban J connectivity index is 1.36. The van der Waals surface area contributed by atoms with Gasteiger partial charge in [-0.2, -0.15) is 13.4 Å². The maximum absolute atomic E-state index is 13.2. The number of nitrogens with zero attached hydrogens (tertiary/aromatic N) is 5. The van der Waals surface area contributed by atoms with Crippen LogP contribution in [-0.2, 0) is 17.2 Å². The van der Waals surface area contributed by atoms with Crippen molar-refractivity contribution in [3.63, 3.8) is 0 Å². The second kappa shape index (κ2) is 9.98. The van der Waals surface area contributed by atoms with Crippen molar-refractivity contribution >= 4 is 55.9 Å². The molecule has 0 unspecified atom stereocenters. The van der Waals surface area contributed by atoms with Crippen LogP contribution in [0.3, 0.4) is 0 Å². The van der Waals surface area contributed by atoms with E-state index in [1.807, 2.05) is 41.8 Å². The van der Waals surface area contributed by atoms with Gasteiger partial charge < -0.3 is 24.3 Å². The third-order valence-corrected chi connectivity index (χ3v) is 6.17. The van der Waals surface area contributed by atoms with E-state index in [0.29, 0.717) is 23.4 Å². The molecular formula is C26H24FN7O3S. The van der Waals surface area contributed by atoms with Crippen LogP contribution in [0.15, 0.2) is 79.0 Å². The van der Waals surface area contributed by atoms with Gasteiger partial charge in [-0.05, 0) is 60.7 Å². The van der Waals surface area contributed by atoms with Crippen molar-refractivity contribution in [2.45, 2.75) is 0 Å². The Morgan fingerprint density at radius 3 is 2.50 bits per heavy atom. The highest BCUT2D eigenvalue weighted by Crippen LogP contribution is 2.29. The number of anilines is 6. The van der Waals surface area contributed by atoms with Gasteiger partial charge in [0.1, 0.15) is 17.4 Å². The molecule has 5 aromatic rings. The van der Waals surface area contributed by atoms with E-state index < -0.39 is 10.1 Å². The van der Waals surface area contributed by atoms with Gasteiger partial charge in [0.2, 0.25) is 11.9 Å². The molecule has 0 aliphatic carbocycles. The molecule has 2 aromatic heterocycles. The summed E-state index contributed by atoms with van der Waals surface area (Å²) >= 11 is 0. The molecule has 0 amide bonds. The summed E-state index contributed by atoms with van der Waals surface area (Å²) in [6.07, 6.45) is 2.61. The van der Waals surface area contributed by atoms with Gasteiger partial charge in [-0.1, -0.05) is 6.07 Å². The molecule has 5 rings (SSSR count). The van der Waals surface area contributed by atoms with Crippen molar-refractivity contribution in [1.29, 1.82) is 0 Å². The van der Waals surface area contributed by atoms with Gasteiger partial charge in [-0.3, -0.25) is 0 Å². The molecule has 0 saturated heterocycles. The Hall–Kier alpha value is -4.71. The van der Waals surface area contributed by atoms with E-state index in [4.69, 9.17) is 9.17 Å². The molecule has 194 valence electrons. The lowest BCUT2D eigenvalue weighted by atomic mass is 10.2. The minimum Gasteiger partial charge on any atom is -0.383 e. The number of halogens is 1. The number of hydrogen-bond donors (Lipinski definition) is 2. The SMILES string of the molecule is CN(c1ccc2c(c1)nc(Nc1ccc(F)cc1)n2C)c1ccnc(Nc2cccc(OS(C)(=O)=O)c2)n1. The first kappa shape index (κ1) is 25.0. The zero-order chi connectivity index (χ0) is 26.9. The molecule has 0 fully saturated rings. The van der Waals surface area contributed by atoms with Crippen LogP contribution >= 0.6 is 0 Å². The molecule has 3 aromatic carbocycles. The second-order valence-electron chi connectivity index (χ2n) is 8.54. The Bertz CT molecular complexity index is 1720. The van der Waals surface area contributed by atoms with E-state index in [-0.39, 0.29) is 11.6 Å². The van der Waals surface area contributed by atoms with Crippen molar-refractivity contribution < 1.29 is 17.0 Å². The Labute approximate surface area is 218 Å². The van der Waals surface area contributed by atoms with Crippen molar-refractivity contribution in [3.05, 3.63) is 84.8 Å². The first-order valence-corrected chi connectivity index (χ1v) is 13.3. The summed E-state index contributed by atoms with van der Waals surface area (Å²) < 4.78 is 43.0. The summed E-state index contributed by atoms with van der Waals surface area (Å²) in [6.45, 7) is 0. The van der Waals surface area contributed by atoms with Crippen molar-refractivity contribution in [1.82, 2.24) is 19.5 Å². The lowest BCUT2D eigenvalue weighted by molar-refractivity contribution is 0.493. The van der Waals surface area contributed by atoms with Gasteiger partial charge in [0, 0.05) is 43.4 Å². The summed E-state index contributed by atoms with van der Waals surface area (Å²) in [4.78, 5) is 15.5. The first-order valence-electron chi connectivity index (χ1n) is 11.5. The quantitative estimate of drug-likeness (QED) is 0.263. The van der Waals surface area contributed by atoms with E-state index in [1.165, 1.54) is 12.1 Å². The predicted octanol–water partition coefficient (Wildman–Crippen LogP) is 5.10. The topological polar surface area (TPSA) is 114 Å². The van der Waals surface area contributed by atoms with Crippen LogP contribution < -0.4 is 19.7 Å².